The minimum Gasteiger partial charge on any atom is -0.493 e. The number of benzene rings is 2. The fourth-order valence-electron chi connectivity index (χ4n) is 3.09. The number of hydrogen-bond donors (Lipinski definition) is 1. The Morgan fingerprint density at radius 2 is 2.07 bits per heavy atom. The molecule has 0 aliphatic carbocycles. The predicted molar refractivity (Wildman–Crippen MR) is 117 cm³/mol. The summed E-state index contributed by atoms with van der Waals surface area (Å²) in [7, 11) is 0. The van der Waals surface area contributed by atoms with Crippen LogP contribution in [0.2, 0.25) is 0 Å². The molecule has 5 heteroatoms. The van der Waals surface area contributed by atoms with Gasteiger partial charge in [-0.15, -0.1) is 0 Å². The zero-order valence-corrected chi connectivity index (χ0v) is 17.9. The lowest BCUT2D eigenvalue weighted by Crippen LogP contribution is -2.21. The first-order valence-electron chi connectivity index (χ1n) is 9.44. The number of carbonyl (C=O) groups is 1. The standard InChI is InChI=1S/C23H24BrNO3/c1-4-9-25-23(26)10-15(3)18-12-19-20(16-7-6-8-17(24)11-16)14-28-22(19)13-21(18)27-5-2/h6-8,10-14H,4-5,9H2,1-3H3,(H,25,26)/b15-10+. The van der Waals surface area contributed by atoms with Gasteiger partial charge in [0.1, 0.15) is 11.3 Å². The summed E-state index contributed by atoms with van der Waals surface area (Å²) in [6.07, 6.45) is 4.29. The summed E-state index contributed by atoms with van der Waals surface area (Å²) < 4.78 is 12.6. The predicted octanol–water partition coefficient (Wildman–Crippen LogP) is 6.19. The zero-order valence-electron chi connectivity index (χ0n) is 16.3. The van der Waals surface area contributed by atoms with Crippen LogP contribution in [0.25, 0.3) is 27.7 Å². The normalized spacial score (nSPS) is 11.6. The van der Waals surface area contributed by atoms with Crippen molar-refractivity contribution in [2.45, 2.75) is 27.2 Å². The monoisotopic (exact) mass is 441 g/mol. The molecule has 2 aromatic carbocycles. The van der Waals surface area contributed by atoms with Crippen LogP contribution < -0.4 is 10.1 Å². The van der Waals surface area contributed by atoms with Crippen LogP contribution in [-0.2, 0) is 4.79 Å². The number of allylic oxidation sites excluding steroid dienone is 1. The molecule has 1 heterocycles. The average Bonchev–Trinajstić information content (AvgIpc) is 3.08. The molecule has 28 heavy (non-hydrogen) atoms. The van der Waals surface area contributed by atoms with Crippen LogP contribution in [-0.4, -0.2) is 19.1 Å². The maximum Gasteiger partial charge on any atom is 0.244 e. The third kappa shape index (κ3) is 4.47. The SMILES string of the molecule is CCCNC(=O)/C=C(\C)c1cc2c(-c3cccc(Br)c3)coc2cc1OCC. The molecule has 0 aliphatic heterocycles. The smallest absolute Gasteiger partial charge is 0.244 e. The molecule has 0 bridgehead atoms. The molecule has 0 unspecified atom stereocenters. The maximum atomic E-state index is 12.1. The summed E-state index contributed by atoms with van der Waals surface area (Å²) in [4.78, 5) is 12.1. The van der Waals surface area contributed by atoms with Crippen LogP contribution in [0, 0.1) is 0 Å². The molecule has 0 aliphatic rings. The fraction of sp³-hybridized carbons (Fsp3) is 0.261. The fourth-order valence-corrected chi connectivity index (χ4v) is 3.49. The molecule has 0 radical (unpaired) electrons. The average molecular weight is 442 g/mol. The van der Waals surface area contributed by atoms with E-state index in [2.05, 4.69) is 27.3 Å². The van der Waals surface area contributed by atoms with E-state index in [9.17, 15) is 4.79 Å². The van der Waals surface area contributed by atoms with Crippen molar-refractivity contribution < 1.29 is 13.9 Å². The molecule has 3 aromatic rings. The van der Waals surface area contributed by atoms with E-state index in [1.807, 2.05) is 51.1 Å². The first-order chi connectivity index (χ1) is 13.5. The minimum atomic E-state index is -0.0960. The lowest BCUT2D eigenvalue weighted by atomic mass is 9.99. The highest BCUT2D eigenvalue weighted by molar-refractivity contribution is 9.10. The van der Waals surface area contributed by atoms with Crippen LogP contribution in [0.5, 0.6) is 5.75 Å². The van der Waals surface area contributed by atoms with Crippen molar-refractivity contribution in [2.75, 3.05) is 13.2 Å². The molecule has 4 nitrogen and oxygen atoms in total. The van der Waals surface area contributed by atoms with Gasteiger partial charge < -0.3 is 14.5 Å². The third-order valence-electron chi connectivity index (χ3n) is 4.43. The van der Waals surface area contributed by atoms with E-state index in [0.717, 1.165) is 44.1 Å². The topological polar surface area (TPSA) is 51.5 Å². The number of fused-ring (bicyclic) bond motifs is 1. The van der Waals surface area contributed by atoms with Gasteiger partial charge in [-0.25, -0.2) is 0 Å². The Balaban J connectivity index is 2.09. The lowest BCUT2D eigenvalue weighted by molar-refractivity contribution is -0.116. The Kier molecular flexibility index (Phi) is 6.57. The second kappa shape index (κ2) is 9.11. The summed E-state index contributed by atoms with van der Waals surface area (Å²) in [6, 6.07) is 12.0. The highest BCUT2D eigenvalue weighted by atomic mass is 79.9. The van der Waals surface area contributed by atoms with Gasteiger partial charge in [-0.1, -0.05) is 35.0 Å². The zero-order chi connectivity index (χ0) is 20.1. The number of rotatable bonds is 7. The molecule has 146 valence electrons. The Morgan fingerprint density at radius 1 is 1.25 bits per heavy atom. The van der Waals surface area contributed by atoms with Gasteiger partial charge in [0.05, 0.1) is 12.9 Å². The first kappa shape index (κ1) is 20.2. The van der Waals surface area contributed by atoms with Crippen molar-refractivity contribution in [3.05, 3.63) is 58.8 Å². The molecule has 0 atom stereocenters. The Hall–Kier alpha value is -2.53. The van der Waals surface area contributed by atoms with E-state index in [0.29, 0.717) is 18.9 Å². The molecule has 0 saturated carbocycles. The van der Waals surface area contributed by atoms with Gasteiger partial charge in [0.25, 0.3) is 0 Å². The molecule has 0 fully saturated rings. The molecular formula is C23H24BrNO3. The van der Waals surface area contributed by atoms with E-state index in [-0.39, 0.29) is 5.91 Å². The van der Waals surface area contributed by atoms with Crippen molar-refractivity contribution in [3.63, 3.8) is 0 Å². The van der Waals surface area contributed by atoms with Crippen molar-refractivity contribution in [1.82, 2.24) is 5.32 Å². The number of nitrogens with one attached hydrogen (secondary N) is 1. The summed E-state index contributed by atoms with van der Waals surface area (Å²) in [6.45, 7) is 7.09. The summed E-state index contributed by atoms with van der Waals surface area (Å²) in [5.74, 6) is 0.614. The summed E-state index contributed by atoms with van der Waals surface area (Å²) in [5.41, 5.74) is 4.55. The molecule has 0 saturated heterocycles. The largest absolute Gasteiger partial charge is 0.493 e. The van der Waals surface area contributed by atoms with Crippen molar-refractivity contribution in [3.8, 4) is 16.9 Å². The number of furan rings is 1. The molecular weight excluding hydrogens is 418 g/mol. The van der Waals surface area contributed by atoms with Crippen molar-refractivity contribution in [1.29, 1.82) is 0 Å². The summed E-state index contributed by atoms with van der Waals surface area (Å²) in [5, 5.41) is 3.86. The lowest BCUT2D eigenvalue weighted by Gasteiger charge is -2.12. The minimum absolute atomic E-state index is 0.0960. The van der Waals surface area contributed by atoms with E-state index in [1.165, 1.54) is 0 Å². The van der Waals surface area contributed by atoms with Gasteiger partial charge >= 0.3 is 0 Å². The number of carbonyl (C=O) groups excluding carboxylic acids is 1. The van der Waals surface area contributed by atoms with Crippen LogP contribution >= 0.6 is 15.9 Å². The second-order valence-electron chi connectivity index (χ2n) is 6.56. The van der Waals surface area contributed by atoms with Crippen molar-refractivity contribution >= 4 is 38.4 Å². The molecule has 3 rings (SSSR count). The Labute approximate surface area is 173 Å². The van der Waals surface area contributed by atoms with Gasteiger partial charge in [0.2, 0.25) is 5.91 Å². The van der Waals surface area contributed by atoms with E-state index in [4.69, 9.17) is 9.15 Å². The number of hydrogen-bond acceptors (Lipinski definition) is 3. The van der Waals surface area contributed by atoms with Gasteiger partial charge in [-0.2, -0.15) is 0 Å². The van der Waals surface area contributed by atoms with Crippen LogP contribution in [0.1, 0.15) is 32.8 Å². The highest BCUT2D eigenvalue weighted by Crippen LogP contribution is 2.38. The summed E-state index contributed by atoms with van der Waals surface area (Å²) >= 11 is 3.53. The third-order valence-corrected chi connectivity index (χ3v) is 4.93. The van der Waals surface area contributed by atoms with Gasteiger partial charge in [0, 0.05) is 39.7 Å². The van der Waals surface area contributed by atoms with Gasteiger partial charge in [0.15, 0.2) is 0 Å². The first-order valence-corrected chi connectivity index (χ1v) is 10.2. The second-order valence-corrected chi connectivity index (χ2v) is 7.47. The molecule has 0 spiro atoms. The maximum absolute atomic E-state index is 12.1. The van der Waals surface area contributed by atoms with E-state index >= 15 is 0 Å². The van der Waals surface area contributed by atoms with E-state index in [1.54, 1.807) is 12.3 Å². The van der Waals surface area contributed by atoms with Crippen molar-refractivity contribution in [2.24, 2.45) is 0 Å². The number of amides is 1. The Bertz CT molecular complexity index is 1020. The van der Waals surface area contributed by atoms with Crippen LogP contribution in [0.15, 0.2) is 57.6 Å². The van der Waals surface area contributed by atoms with E-state index < -0.39 is 0 Å². The quantitative estimate of drug-likeness (QED) is 0.444. The molecule has 1 aromatic heterocycles. The van der Waals surface area contributed by atoms with Gasteiger partial charge in [-0.3, -0.25) is 4.79 Å². The molecule has 1 N–H and O–H groups in total. The highest BCUT2D eigenvalue weighted by Gasteiger charge is 2.15. The van der Waals surface area contributed by atoms with Crippen LogP contribution in [0.4, 0.5) is 0 Å². The van der Waals surface area contributed by atoms with Crippen LogP contribution in [0.3, 0.4) is 0 Å². The number of halogens is 1. The Morgan fingerprint density at radius 3 is 2.79 bits per heavy atom. The number of ether oxygens (including phenoxy) is 1. The molecule has 1 amide bonds. The van der Waals surface area contributed by atoms with Gasteiger partial charge in [-0.05, 0) is 49.6 Å².